The maximum absolute atomic E-state index is 11.7. The Morgan fingerprint density at radius 1 is 1.56 bits per heavy atom. The molecule has 1 aliphatic heterocycles. The molecule has 1 heterocycles. The first-order chi connectivity index (χ1) is 8.52. The fourth-order valence-corrected chi connectivity index (χ4v) is 2.41. The van der Waals surface area contributed by atoms with Gasteiger partial charge >= 0.3 is 0 Å². The monoisotopic (exact) mass is 259 g/mol. The number of rotatable bonds is 6. The molecule has 0 bridgehead atoms. The molecule has 106 valence electrons. The third-order valence-corrected chi connectivity index (χ3v) is 3.51. The Kier molecular flexibility index (Phi) is 6.01. The van der Waals surface area contributed by atoms with Crippen LogP contribution < -0.4 is 11.3 Å². The Morgan fingerprint density at radius 2 is 2.17 bits per heavy atom. The molecule has 1 unspecified atom stereocenters. The summed E-state index contributed by atoms with van der Waals surface area (Å²) in [5, 5.41) is 10.4. The fourth-order valence-electron chi connectivity index (χ4n) is 2.41. The zero-order chi connectivity index (χ0) is 13.6. The molecule has 4 N–H and O–H groups in total. The van der Waals surface area contributed by atoms with Crippen LogP contribution in [0.1, 0.15) is 32.6 Å². The molecule has 1 amide bonds. The molecule has 0 spiro atoms. The van der Waals surface area contributed by atoms with Crippen molar-refractivity contribution in [1.82, 2.24) is 10.3 Å². The van der Waals surface area contributed by atoms with Crippen molar-refractivity contribution in [2.24, 2.45) is 5.84 Å². The van der Waals surface area contributed by atoms with Gasteiger partial charge in [0.05, 0.1) is 11.6 Å². The van der Waals surface area contributed by atoms with Gasteiger partial charge in [-0.05, 0) is 13.5 Å². The fraction of sp³-hybridized carbons (Fsp3) is 0.917. The summed E-state index contributed by atoms with van der Waals surface area (Å²) >= 11 is 0. The van der Waals surface area contributed by atoms with Crippen LogP contribution in [0.2, 0.25) is 0 Å². The van der Waals surface area contributed by atoms with Crippen LogP contribution in [0.4, 0.5) is 0 Å². The molecule has 6 nitrogen and oxygen atoms in total. The highest BCUT2D eigenvalue weighted by Gasteiger charge is 2.34. The zero-order valence-electron chi connectivity index (χ0n) is 11.3. The van der Waals surface area contributed by atoms with Gasteiger partial charge in [0.1, 0.15) is 0 Å². The van der Waals surface area contributed by atoms with Crippen LogP contribution >= 0.6 is 0 Å². The highest BCUT2D eigenvalue weighted by molar-refractivity contribution is 5.81. The second kappa shape index (κ2) is 7.04. The van der Waals surface area contributed by atoms with Crippen molar-refractivity contribution in [1.29, 1.82) is 0 Å². The molecule has 1 saturated heterocycles. The number of nitrogens with zero attached hydrogens (tertiary/aromatic N) is 1. The summed E-state index contributed by atoms with van der Waals surface area (Å²) in [6.07, 6.45) is 2.84. The van der Waals surface area contributed by atoms with Crippen molar-refractivity contribution in [2.75, 3.05) is 26.8 Å². The number of nitrogens with two attached hydrogens (primary N) is 1. The van der Waals surface area contributed by atoms with Crippen LogP contribution in [-0.4, -0.2) is 54.4 Å². The first-order valence-corrected chi connectivity index (χ1v) is 6.53. The summed E-state index contributed by atoms with van der Waals surface area (Å²) in [7, 11) is 1.85. The van der Waals surface area contributed by atoms with Gasteiger partial charge in [-0.3, -0.25) is 15.1 Å². The van der Waals surface area contributed by atoms with Gasteiger partial charge in [-0.15, -0.1) is 0 Å². The molecule has 0 aromatic rings. The van der Waals surface area contributed by atoms with Crippen molar-refractivity contribution in [2.45, 2.75) is 44.2 Å². The predicted octanol–water partition coefficient (Wildman–Crippen LogP) is -0.382. The number of aliphatic hydroxyl groups is 1. The molecule has 1 atom stereocenters. The Bertz CT molecular complexity index is 267. The smallest absolute Gasteiger partial charge is 0.251 e. The zero-order valence-corrected chi connectivity index (χ0v) is 11.3. The van der Waals surface area contributed by atoms with Crippen molar-refractivity contribution < 1.29 is 14.6 Å². The van der Waals surface area contributed by atoms with Gasteiger partial charge in [-0.25, -0.2) is 5.84 Å². The topological polar surface area (TPSA) is 87.8 Å². The van der Waals surface area contributed by atoms with E-state index in [0.29, 0.717) is 32.6 Å². The van der Waals surface area contributed by atoms with E-state index in [1.807, 2.05) is 18.9 Å². The molecule has 0 aromatic carbocycles. The molecule has 1 fully saturated rings. The minimum absolute atomic E-state index is 0.199. The van der Waals surface area contributed by atoms with Crippen molar-refractivity contribution in [3.63, 3.8) is 0 Å². The molecule has 0 aliphatic carbocycles. The lowest BCUT2D eigenvalue weighted by atomic mass is 9.93. The van der Waals surface area contributed by atoms with Gasteiger partial charge in [0.2, 0.25) is 0 Å². The first-order valence-electron chi connectivity index (χ1n) is 6.53. The highest BCUT2D eigenvalue weighted by Crippen LogP contribution is 2.22. The number of amides is 1. The van der Waals surface area contributed by atoms with Crippen molar-refractivity contribution >= 4 is 5.91 Å². The van der Waals surface area contributed by atoms with Crippen LogP contribution in [0.15, 0.2) is 0 Å². The summed E-state index contributed by atoms with van der Waals surface area (Å²) < 4.78 is 5.25. The van der Waals surface area contributed by atoms with E-state index in [1.54, 1.807) is 0 Å². The number of carbonyl (C=O) groups excluding carboxylic acids is 1. The Hall–Kier alpha value is -0.690. The number of nitrogens with one attached hydrogen (secondary N) is 1. The molecule has 0 radical (unpaired) electrons. The summed E-state index contributed by atoms with van der Waals surface area (Å²) in [5.41, 5.74) is 1.44. The normalized spacial score (nSPS) is 20.7. The molecule has 18 heavy (non-hydrogen) atoms. The van der Waals surface area contributed by atoms with E-state index >= 15 is 0 Å². The minimum Gasteiger partial charge on any atom is -0.388 e. The number of hydrogen-bond acceptors (Lipinski definition) is 5. The lowest BCUT2D eigenvalue weighted by Gasteiger charge is -2.37. The van der Waals surface area contributed by atoms with Crippen LogP contribution in [-0.2, 0) is 9.53 Å². The summed E-state index contributed by atoms with van der Waals surface area (Å²) in [4.78, 5) is 13.6. The quantitative estimate of drug-likeness (QED) is 0.344. The summed E-state index contributed by atoms with van der Waals surface area (Å²) in [6.45, 7) is 3.64. The number of likely N-dealkylation sites (N-methyl/N-ethyl adjacent to an activating group) is 1. The average Bonchev–Trinajstić information content (AvgIpc) is 2.35. The van der Waals surface area contributed by atoms with E-state index in [1.165, 1.54) is 0 Å². The second-order valence-corrected chi connectivity index (χ2v) is 5.06. The third kappa shape index (κ3) is 4.20. The lowest BCUT2D eigenvalue weighted by molar-refractivity contribution is -0.129. The van der Waals surface area contributed by atoms with Crippen LogP contribution in [0.5, 0.6) is 0 Å². The number of ether oxygens (including phenoxy) is 1. The number of carbonyl (C=O) groups is 1. The first kappa shape index (κ1) is 15.4. The number of hydrazine groups is 1. The second-order valence-electron chi connectivity index (χ2n) is 5.06. The summed E-state index contributed by atoms with van der Waals surface area (Å²) in [5.74, 6) is 5.00. The van der Waals surface area contributed by atoms with Crippen LogP contribution in [0.25, 0.3) is 0 Å². The highest BCUT2D eigenvalue weighted by atomic mass is 16.5. The van der Waals surface area contributed by atoms with Gasteiger partial charge in [-0.1, -0.05) is 13.3 Å². The Balaban J connectivity index is 2.59. The van der Waals surface area contributed by atoms with Crippen molar-refractivity contribution in [3.05, 3.63) is 0 Å². The molecule has 1 aliphatic rings. The van der Waals surface area contributed by atoms with E-state index in [4.69, 9.17) is 10.6 Å². The molecule has 6 heteroatoms. The molecular weight excluding hydrogens is 234 g/mol. The SMILES string of the molecule is CCCC(C(=O)NN)N(C)CC1(O)CCOCC1. The molecule has 1 rings (SSSR count). The Morgan fingerprint density at radius 3 is 2.67 bits per heavy atom. The summed E-state index contributed by atoms with van der Waals surface area (Å²) in [6, 6.07) is -0.285. The number of hydrogen-bond donors (Lipinski definition) is 3. The minimum atomic E-state index is -0.756. The molecule has 0 aromatic heterocycles. The third-order valence-electron chi connectivity index (χ3n) is 3.51. The van der Waals surface area contributed by atoms with E-state index in [-0.39, 0.29) is 11.9 Å². The van der Waals surface area contributed by atoms with Gasteiger partial charge in [0, 0.05) is 32.6 Å². The van der Waals surface area contributed by atoms with E-state index < -0.39 is 5.60 Å². The van der Waals surface area contributed by atoms with Gasteiger partial charge in [0.25, 0.3) is 5.91 Å². The van der Waals surface area contributed by atoms with E-state index in [0.717, 1.165) is 12.8 Å². The average molecular weight is 259 g/mol. The van der Waals surface area contributed by atoms with Gasteiger partial charge < -0.3 is 9.84 Å². The van der Waals surface area contributed by atoms with Crippen LogP contribution in [0.3, 0.4) is 0 Å². The largest absolute Gasteiger partial charge is 0.388 e. The Labute approximate surface area is 108 Å². The van der Waals surface area contributed by atoms with Crippen molar-refractivity contribution in [3.8, 4) is 0 Å². The standard InChI is InChI=1S/C12H25N3O3/c1-3-4-10(11(16)14-13)15(2)9-12(17)5-7-18-8-6-12/h10,17H,3-9,13H2,1-2H3,(H,14,16). The van der Waals surface area contributed by atoms with Gasteiger partial charge in [0.15, 0.2) is 0 Å². The van der Waals surface area contributed by atoms with Gasteiger partial charge in [-0.2, -0.15) is 0 Å². The molecule has 0 saturated carbocycles. The van der Waals surface area contributed by atoms with Crippen LogP contribution in [0, 0.1) is 0 Å². The van der Waals surface area contributed by atoms with E-state index in [2.05, 4.69) is 5.43 Å². The maximum atomic E-state index is 11.7. The molecular formula is C12H25N3O3. The van der Waals surface area contributed by atoms with E-state index in [9.17, 15) is 9.90 Å². The maximum Gasteiger partial charge on any atom is 0.251 e. The lowest BCUT2D eigenvalue weighted by Crippen LogP contribution is -2.53. The predicted molar refractivity (Wildman–Crippen MR) is 68.7 cm³/mol.